The van der Waals surface area contributed by atoms with Gasteiger partial charge in [-0.2, -0.15) is 0 Å². The monoisotopic (exact) mass is 148 g/mol. The van der Waals surface area contributed by atoms with Crippen molar-refractivity contribution >= 4 is 0 Å². The Morgan fingerprint density at radius 2 is 2.00 bits per heavy atom. The van der Waals surface area contributed by atoms with Gasteiger partial charge in [0, 0.05) is 6.42 Å². The minimum absolute atomic E-state index is 0.419. The molecule has 0 bridgehead atoms. The predicted molar refractivity (Wildman–Crippen MR) is 46.3 cm³/mol. The van der Waals surface area contributed by atoms with Gasteiger partial charge in [0.05, 0.1) is 6.10 Å². The van der Waals surface area contributed by atoms with E-state index in [0.29, 0.717) is 6.42 Å². The van der Waals surface area contributed by atoms with Crippen LogP contribution in [0.3, 0.4) is 0 Å². The summed E-state index contributed by atoms with van der Waals surface area (Å²) in [6.45, 7) is 3.51. The molecule has 1 aromatic rings. The van der Waals surface area contributed by atoms with Crippen LogP contribution in [0.4, 0.5) is 0 Å². The Bertz CT molecular complexity index is 216. The molecule has 11 heavy (non-hydrogen) atoms. The van der Waals surface area contributed by atoms with Crippen LogP contribution < -0.4 is 0 Å². The first-order chi connectivity index (χ1) is 5.33. The van der Waals surface area contributed by atoms with Crippen LogP contribution in [-0.4, -0.2) is 11.2 Å². The van der Waals surface area contributed by atoms with Gasteiger partial charge in [-0.25, -0.2) is 0 Å². The first-order valence-electron chi connectivity index (χ1n) is 3.67. The molecule has 0 spiro atoms. The van der Waals surface area contributed by atoms with Gasteiger partial charge in [-0.05, 0) is 5.56 Å². The summed E-state index contributed by atoms with van der Waals surface area (Å²) in [4.78, 5) is 0. The normalized spacial score (nSPS) is 12.5. The Morgan fingerprint density at radius 1 is 1.36 bits per heavy atom. The second-order valence-corrected chi connectivity index (χ2v) is 2.49. The molecular formula is C10H12O. The molecule has 0 amide bonds. The molecule has 1 rings (SSSR count). The molecule has 0 radical (unpaired) electrons. The van der Waals surface area contributed by atoms with Crippen LogP contribution >= 0.6 is 0 Å². The fourth-order valence-corrected chi connectivity index (χ4v) is 0.939. The summed E-state index contributed by atoms with van der Waals surface area (Å²) in [5.41, 5.74) is 1.14. The smallest absolute Gasteiger partial charge is 0.0758 e. The lowest BCUT2D eigenvalue weighted by atomic mass is 10.1. The van der Waals surface area contributed by atoms with Gasteiger partial charge in [-0.3, -0.25) is 0 Å². The summed E-state index contributed by atoms with van der Waals surface area (Å²) in [6, 6.07) is 9.87. The number of aliphatic hydroxyl groups is 1. The van der Waals surface area contributed by atoms with Crippen molar-refractivity contribution in [3.8, 4) is 0 Å². The van der Waals surface area contributed by atoms with Gasteiger partial charge in [0.1, 0.15) is 0 Å². The molecule has 0 aliphatic heterocycles. The number of hydrogen-bond donors (Lipinski definition) is 1. The maximum Gasteiger partial charge on any atom is 0.0758 e. The van der Waals surface area contributed by atoms with Crippen LogP contribution in [0.2, 0.25) is 0 Å². The average Bonchev–Trinajstić information content (AvgIpc) is 2.06. The average molecular weight is 148 g/mol. The van der Waals surface area contributed by atoms with E-state index in [1.54, 1.807) is 6.08 Å². The van der Waals surface area contributed by atoms with E-state index in [0.717, 1.165) is 5.56 Å². The Morgan fingerprint density at radius 3 is 2.55 bits per heavy atom. The van der Waals surface area contributed by atoms with E-state index in [2.05, 4.69) is 6.58 Å². The highest BCUT2D eigenvalue weighted by Crippen LogP contribution is 2.02. The molecule has 0 heterocycles. The predicted octanol–water partition coefficient (Wildman–Crippen LogP) is 1.78. The van der Waals surface area contributed by atoms with E-state index in [-0.39, 0.29) is 0 Å². The first kappa shape index (κ1) is 8.02. The van der Waals surface area contributed by atoms with Crippen LogP contribution in [-0.2, 0) is 6.42 Å². The van der Waals surface area contributed by atoms with Crippen molar-refractivity contribution in [3.05, 3.63) is 48.6 Å². The lowest BCUT2D eigenvalue weighted by Crippen LogP contribution is -2.05. The molecule has 0 aliphatic rings. The van der Waals surface area contributed by atoms with Crippen molar-refractivity contribution in [3.63, 3.8) is 0 Å². The zero-order valence-electron chi connectivity index (χ0n) is 6.40. The molecule has 0 aromatic heterocycles. The van der Waals surface area contributed by atoms with Gasteiger partial charge in [0.25, 0.3) is 0 Å². The molecule has 0 saturated carbocycles. The highest BCUT2D eigenvalue weighted by atomic mass is 16.3. The third-order valence-corrected chi connectivity index (χ3v) is 1.56. The number of hydrogen-bond acceptors (Lipinski definition) is 1. The standard InChI is InChI=1S/C10H12O/c1-2-10(11)8-9-6-4-3-5-7-9/h2-7,10-11H,1,8H2. The van der Waals surface area contributed by atoms with E-state index in [9.17, 15) is 5.11 Å². The molecule has 0 fully saturated rings. The molecule has 1 nitrogen and oxygen atoms in total. The number of rotatable bonds is 3. The third kappa shape index (κ3) is 2.56. The molecule has 0 aliphatic carbocycles. The van der Waals surface area contributed by atoms with Crippen LogP contribution in [0.15, 0.2) is 43.0 Å². The molecule has 1 heteroatoms. The summed E-state index contributed by atoms with van der Waals surface area (Å²) in [7, 11) is 0. The number of aliphatic hydroxyl groups excluding tert-OH is 1. The summed E-state index contributed by atoms with van der Waals surface area (Å²) >= 11 is 0. The van der Waals surface area contributed by atoms with Crippen LogP contribution in [0.1, 0.15) is 5.56 Å². The Labute approximate surface area is 67.0 Å². The van der Waals surface area contributed by atoms with Crippen molar-refractivity contribution < 1.29 is 5.11 Å². The fraction of sp³-hybridized carbons (Fsp3) is 0.200. The first-order valence-corrected chi connectivity index (χ1v) is 3.67. The van der Waals surface area contributed by atoms with E-state index in [1.807, 2.05) is 30.3 Å². The lowest BCUT2D eigenvalue weighted by molar-refractivity contribution is 0.224. The molecule has 1 atom stereocenters. The second kappa shape index (κ2) is 3.94. The minimum atomic E-state index is -0.419. The Hall–Kier alpha value is -1.08. The largest absolute Gasteiger partial charge is 0.389 e. The van der Waals surface area contributed by atoms with Gasteiger partial charge < -0.3 is 5.11 Å². The summed E-state index contributed by atoms with van der Waals surface area (Å²) in [5, 5.41) is 9.19. The zero-order valence-corrected chi connectivity index (χ0v) is 6.40. The van der Waals surface area contributed by atoms with E-state index in [1.165, 1.54) is 0 Å². The molecule has 0 saturated heterocycles. The molecule has 1 aromatic carbocycles. The lowest BCUT2D eigenvalue weighted by Gasteiger charge is -2.03. The minimum Gasteiger partial charge on any atom is -0.389 e. The Balaban J connectivity index is 2.57. The SMILES string of the molecule is C=CC(O)Cc1ccccc1. The Kier molecular flexibility index (Phi) is 2.87. The van der Waals surface area contributed by atoms with E-state index in [4.69, 9.17) is 0 Å². The van der Waals surface area contributed by atoms with Crippen molar-refractivity contribution in [1.82, 2.24) is 0 Å². The molecule has 1 N–H and O–H groups in total. The van der Waals surface area contributed by atoms with Crippen molar-refractivity contribution in [2.45, 2.75) is 12.5 Å². The van der Waals surface area contributed by atoms with Crippen molar-refractivity contribution in [2.75, 3.05) is 0 Å². The second-order valence-electron chi connectivity index (χ2n) is 2.49. The quantitative estimate of drug-likeness (QED) is 0.648. The number of benzene rings is 1. The molecule has 1 unspecified atom stereocenters. The molecular weight excluding hydrogens is 136 g/mol. The maximum absolute atomic E-state index is 9.19. The van der Waals surface area contributed by atoms with E-state index < -0.39 is 6.10 Å². The summed E-state index contributed by atoms with van der Waals surface area (Å²) < 4.78 is 0. The van der Waals surface area contributed by atoms with Crippen LogP contribution in [0.25, 0.3) is 0 Å². The van der Waals surface area contributed by atoms with Gasteiger partial charge in [-0.1, -0.05) is 36.4 Å². The highest BCUT2D eigenvalue weighted by Gasteiger charge is 1.97. The molecule has 58 valence electrons. The van der Waals surface area contributed by atoms with Crippen molar-refractivity contribution in [2.24, 2.45) is 0 Å². The van der Waals surface area contributed by atoms with Crippen LogP contribution in [0.5, 0.6) is 0 Å². The highest BCUT2D eigenvalue weighted by molar-refractivity contribution is 5.16. The zero-order chi connectivity index (χ0) is 8.10. The van der Waals surface area contributed by atoms with Crippen LogP contribution in [0, 0.1) is 0 Å². The third-order valence-electron chi connectivity index (χ3n) is 1.56. The van der Waals surface area contributed by atoms with Gasteiger partial charge in [-0.15, -0.1) is 6.58 Å². The summed E-state index contributed by atoms with van der Waals surface area (Å²) in [5.74, 6) is 0. The van der Waals surface area contributed by atoms with Gasteiger partial charge in [0.15, 0.2) is 0 Å². The summed E-state index contributed by atoms with van der Waals surface area (Å²) in [6.07, 6.45) is 1.79. The van der Waals surface area contributed by atoms with E-state index >= 15 is 0 Å². The van der Waals surface area contributed by atoms with Crippen molar-refractivity contribution in [1.29, 1.82) is 0 Å². The van der Waals surface area contributed by atoms with Gasteiger partial charge >= 0.3 is 0 Å². The fourth-order valence-electron chi connectivity index (χ4n) is 0.939. The maximum atomic E-state index is 9.19. The van der Waals surface area contributed by atoms with Gasteiger partial charge in [0.2, 0.25) is 0 Å². The topological polar surface area (TPSA) is 20.2 Å².